The highest BCUT2D eigenvalue weighted by molar-refractivity contribution is 6.31. The number of pyridine rings is 1. The average molecular weight is 359 g/mol. The summed E-state index contributed by atoms with van der Waals surface area (Å²) < 4.78 is 0. The number of anilines is 1. The van der Waals surface area contributed by atoms with Crippen LogP contribution in [0.5, 0.6) is 0 Å². The van der Waals surface area contributed by atoms with Gasteiger partial charge in [0.15, 0.2) is 0 Å². The second kappa shape index (κ2) is 8.32. The van der Waals surface area contributed by atoms with E-state index >= 15 is 0 Å². The van der Waals surface area contributed by atoms with E-state index in [1.54, 1.807) is 6.20 Å². The van der Waals surface area contributed by atoms with Gasteiger partial charge in [-0.05, 0) is 30.8 Å². The Morgan fingerprint density at radius 3 is 2.52 bits per heavy atom. The summed E-state index contributed by atoms with van der Waals surface area (Å²) in [5.41, 5.74) is 1.04. The number of nitrogens with zero attached hydrogens (tertiary/aromatic N) is 4. The Hall–Kier alpha value is -2.11. The standard InChI is InChI=1S/C19H23ClN4O/c1-22(14-16-6-2-3-7-17(16)20)15-19(25)24-12-10-23(11-13-24)18-8-4-5-9-21-18/h2-9H,10-15H2,1H3. The lowest BCUT2D eigenvalue weighted by atomic mass is 10.2. The maximum absolute atomic E-state index is 12.5. The number of hydrogen-bond donors (Lipinski definition) is 0. The molecule has 0 unspecified atom stereocenters. The summed E-state index contributed by atoms with van der Waals surface area (Å²) in [5, 5.41) is 0.741. The molecular formula is C19H23ClN4O. The highest BCUT2D eigenvalue weighted by atomic mass is 35.5. The third-order valence-electron chi connectivity index (χ3n) is 4.41. The molecule has 3 rings (SSSR count). The minimum absolute atomic E-state index is 0.162. The average Bonchev–Trinajstić information content (AvgIpc) is 2.64. The van der Waals surface area contributed by atoms with Crippen molar-refractivity contribution in [3.05, 3.63) is 59.2 Å². The third kappa shape index (κ3) is 4.71. The molecule has 0 saturated carbocycles. The maximum Gasteiger partial charge on any atom is 0.236 e. The largest absolute Gasteiger partial charge is 0.353 e. The predicted octanol–water partition coefficient (Wildman–Crippen LogP) is 2.52. The number of aromatic nitrogens is 1. The summed E-state index contributed by atoms with van der Waals surface area (Å²) in [6.07, 6.45) is 1.80. The van der Waals surface area contributed by atoms with Gasteiger partial charge in [0.2, 0.25) is 5.91 Å². The van der Waals surface area contributed by atoms with Gasteiger partial charge in [0.05, 0.1) is 6.54 Å². The Morgan fingerprint density at radius 2 is 1.84 bits per heavy atom. The second-order valence-electron chi connectivity index (χ2n) is 6.32. The lowest BCUT2D eigenvalue weighted by molar-refractivity contribution is -0.132. The molecule has 1 aromatic heterocycles. The molecule has 1 aliphatic heterocycles. The van der Waals surface area contributed by atoms with Crippen molar-refractivity contribution in [1.82, 2.24) is 14.8 Å². The third-order valence-corrected chi connectivity index (χ3v) is 4.78. The van der Waals surface area contributed by atoms with Crippen LogP contribution in [-0.4, -0.2) is 60.5 Å². The number of amides is 1. The van der Waals surface area contributed by atoms with Crippen LogP contribution in [0.1, 0.15) is 5.56 Å². The van der Waals surface area contributed by atoms with Crippen molar-refractivity contribution < 1.29 is 4.79 Å². The monoisotopic (exact) mass is 358 g/mol. The first-order valence-electron chi connectivity index (χ1n) is 8.49. The van der Waals surface area contributed by atoms with Crippen LogP contribution in [0.25, 0.3) is 0 Å². The van der Waals surface area contributed by atoms with Gasteiger partial charge in [0.25, 0.3) is 0 Å². The Kier molecular flexibility index (Phi) is 5.89. The van der Waals surface area contributed by atoms with Crippen LogP contribution in [0.2, 0.25) is 5.02 Å². The first-order valence-corrected chi connectivity index (χ1v) is 8.87. The molecular weight excluding hydrogens is 336 g/mol. The van der Waals surface area contributed by atoms with Crippen molar-refractivity contribution in [2.45, 2.75) is 6.54 Å². The Morgan fingerprint density at radius 1 is 1.12 bits per heavy atom. The summed E-state index contributed by atoms with van der Waals surface area (Å²) in [4.78, 5) is 23.1. The first kappa shape index (κ1) is 17.7. The van der Waals surface area contributed by atoms with Crippen LogP contribution in [0, 0.1) is 0 Å². The van der Waals surface area contributed by atoms with E-state index < -0.39 is 0 Å². The van der Waals surface area contributed by atoms with Crippen molar-refractivity contribution in [3.63, 3.8) is 0 Å². The molecule has 1 aliphatic rings. The number of piperazine rings is 1. The molecule has 0 N–H and O–H groups in total. The van der Waals surface area contributed by atoms with E-state index in [-0.39, 0.29) is 5.91 Å². The summed E-state index contributed by atoms with van der Waals surface area (Å²) in [5.74, 6) is 1.14. The molecule has 0 radical (unpaired) electrons. The fraction of sp³-hybridized carbons (Fsp3) is 0.368. The van der Waals surface area contributed by atoms with E-state index in [1.807, 2.05) is 59.3 Å². The molecule has 0 aliphatic carbocycles. The van der Waals surface area contributed by atoms with E-state index in [1.165, 1.54) is 0 Å². The Labute approximate surface area is 153 Å². The molecule has 25 heavy (non-hydrogen) atoms. The summed E-state index contributed by atoms with van der Waals surface area (Å²) in [7, 11) is 1.95. The molecule has 0 bridgehead atoms. The van der Waals surface area contributed by atoms with Gasteiger partial charge in [-0.15, -0.1) is 0 Å². The van der Waals surface area contributed by atoms with Gasteiger partial charge in [-0.2, -0.15) is 0 Å². The lowest BCUT2D eigenvalue weighted by Crippen LogP contribution is -2.51. The van der Waals surface area contributed by atoms with Gasteiger partial charge in [-0.1, -0.05) is 35.9 Å². The highest BCUT2D eigenvalue weighted by Gasteiger charge is 2.22. The van der Waals surface area contributed by atoms with Gasteiger partial charge >= 0.3 is 0 Å². The fourth-order valence-electron chi connectivity index (χ4n) is 3.03. The van der Waals surface area contributed by atoms with Gasteiger partial charge < -0.3 is 9.80 Å². The Bertz CT molecular complexity index is 702. The highest BCUT2D eigenvalue weighted by Crippen LogP contribution is 2.17. The van der Waals surface area contributed by atoms with Crippen LogP contribution in [-0.2, 0) is 11.3 Å². The van der Waals surface area contributed by atoms with Crippen LogP contribution < -0.4 is 4.90 Å². The van der Waals surface area contributed by atoms with Crippen molar-refractivity contribution in [1.29, 1.82) is 0 Å². The van der Waals surface area contributed by atoms with Crippen molar-refractivity contribution in [3.8, 4) is 0 Å². The summed E-state index contributed by atoms with van der Waals surface area (Å²) in [6, 6.07) is 13.7. The minimum atomic E-state index is 0.162. The van der Waals surface area contributed by atoms with E-state index in [4.69, 9.17) is 11.6 Å². The van der Waals surface area contributed by atoms with Crippen LogP contribution >= 0.6 is 11.6 Å². The number of rotatable bonds is 5. The Balaban J connectivity index is 1.48. The summed E-state index contributed by atoms with van der Waals surface area (Å²) in [6.45, 7) is 4.16. The lowest BCUT2D eigenvalue weighted by Gasteiger charge is -2.36. The fourth-order valence-corrected chi connectivity index (χ4v) is 3.23. The molecule has 1 aromatic carbocycles. The van der Waals surface area contributed by atoms with Crippen molar-refractivity contribution >= 4 is 23.3 Å². The number of likely N-dealkylation sites (N-methyl/N-ethyl adjacent to an activating group) is 1. The van der Waals surface area contributed by atoms with Crippen LogP contribution in [0.3, 0.4) is 0 Å². The molecule has 0 spiro atoms. The number of hydrogen-bond acceptors (Lipinski definition) is 4. The molecule has 6 heteroatoms. The van der Waals surface area contributed by atoms with Crippen molar-refractivity contribution in [2.75, 3.05) is 44.7 Å². The molecule has 1 saturated heterocycles. The molecule has 2 heterocycles. The number of halogens is 1. The van der Waals surface area contributed by atoms with E-state index in [2.05, 4.69) is 9.88 Å². The zero-order valence-corrected chi connectivity index (χ0v) is 15.2. The number of carbonyl (C=O) groups is 1. The van der Waals surface area contributed by atoms with Crippen molar-refractivity contribution in [2.24, 2.45) is 0 Å². The smallest absolute Gasteiger partial charge is 0.236 e. The van der Waals surface area contributed by atoms with Crippen LogP contribution in [0.4, 0.5) is 5.82 Å². The molecule has 5 nitrogen and oxygen atoms in total. The summed E-state index contributed by atoms with van der Waals surface area (Å²) >= 11 is 6.19. The number of benzene rings is 1. The maximum atomic E-state index is 12.5. The van der Waals surface area contributed by atoms with E-state index in [0.717, 1.165) is 42.6 Å². The molecule has 1 amide bonds. The topological polar surface area (TPSA) is 39.7 Å². The normalized spacial score (nSPS) is 14.8. The van der Waals surface area contributed by atoms with E-state index in [9.17, 15) is 4.79 Å². The molecule has 1 fully saturated rings. The predicted molar refractivity (Wildman–Crippen MR) is 101 cm³/mol. The van der Waals surface area contributed by atoms with Gasteiger partial charge in [0.1, 0.15) is 5.82 Å². The molecule has 132 valence electrons. The quantitative estimate of drug-likeness (QED) is 0.823. The SMILES string of the molecule is CN(CC(=O)N1CCN(c2ccccn2)CC1)Cc1ccccc1Cl. The molecule has 2 aromatic rings. The zero-order chi connectivity index (χ0) is 17.6. The minimum Gasteiger partial charge on any atom is -0.353 e. The van der Waals surface area contributed by atoms with Gasteiger partial charge in [0, 0.05) is 43.9 Å². The molecule has 0 atom stereocenters. The second-order valence-corrected chi connectivity index (χ2v) is 6.73. The number of carbonyl (C=O) groups excluding carboxylic acids is 1. The zero-order valence-electron chi connectivity index (χ0n) is 14.4. The van der Waals surface area contributed by atoms with Crippen LogP contribution in [0.15, 0.2) is 48.7 Å². The van der Waals surface area contributed by atoms with Gasteiger partial charge in [-0.3, -0.25) is 9.69 Å². The first-order chi connectivity index (χ1) is 12.1. The van der Waals surface area contributed by atoms with E-state index in [0.29, 0.717) is 13.1 Å². The van der Waals surface area contributed by atoms with Gasteiger partial charge in [-0.25, -0.2) is 4.98 Å².